The molecule has 0 spiro atoms. The molecule has 1 N–H and O–H groups in total. The van der Waals surface area contributed by atoms with Gasteiger partial charge in [-0.15, -0.1) is 0 Å². The molecule has 2 aliphatic rings. The fourth-order valence-corrected chi connectivity index (χ4v) is 3.19. The standard InChI is InChI=1S/C18H19N5O2/c1-10-16-13(8-14(12-4-5-12)20-18(16)25-22-10)17(24)21-15-6-7-19-23(15)9-11-2-3-11/h6-8,11-12H,2-5,9H2,1H3,(H,21,24). The van der Waals surface area contributed by atoms with E-state index in [1.807, 2.05) is 23.7 Å². The van der Waals surface area contributed by atoms with Crippen molar-refractivity contribution in [2.45, 2.75) is 45.1 Å². The summed E-state index contributed by atoms with van der Waals surface area (Å²) in [7, 11) is 0. The number of rotatable bonds is 5. The molecule has 0 unspecified atom stereocenters. The molecule has 7 heteroatoms. The largest absolute Gasteiger partial charge is 0.336 e. The summed E-state index contributed by atoms with van der Waals surface area (Å²) in [6.45, 7) is 2.69. The Bertz CT molecular complexity index is 965. The minimum Gasteiger partial charge on any atom is -0.336 e. The number of carbonyl (C=O) groups is 1. The Hall–Kier alpha value is -2.70. The van der Waals surface area contributed by atoms with Crippen LogP contribution in [0.5, 0.6) is 0 Å². The van der Waals surface area contributed by atoms with Crippen LogP contribution in [-0.2, 0) is 6.54 Å². The molecule has 3 aromatic heterocycles. The first-order valence-corrected chi connectivity index (χ1v) is 8.79. The van der Waals surface area contributed by atoms with Crippen LogP contribution in [0.1, 0.15) is 53.3 Å². The highest BCUT2D eigenvalue weighted by Crippen LogP contribution is 2.40. The van der Waals surface area contributed by atoms with Gasteiger partial charge in [-0.2, -0.15) is 5.10 Å². The summed E-state index contributed by atoms with van der Waals surface area (Å²) in [5, 5.41) is 12.0. The average Bonchev–Trinajstić information content (AvgIpc) is 3.52. The molecule has 3 heterocycles. The van der Waals surface area contributed by atoms with Gasteiger partial charge in [0.1, 0.15) is 5.82 Å². The second-order valence-corrected chi connectivity index (χ2v) is 7.11. The van der Waals surface area contributed by atoms with E-state index in [0.717, 1.165) is 30.9 Å². The third kappa shape index (κ3) is 2.69. The molecule has 2 fully saturated rings. The third-order valence-electron chi connectivity index (χ3n) is 4.96. The van der Waals surface area contributed by atoms with Gasteiger partial charge >= 0.3 is 0 Å². The van der Waals surface area contributed by atoms with Crippen LogP contribution in [0.4, 0.5) is 5.82 Å². The zero-order chi connectivity index (χ0) is 17.0. The van der Waals surface area contributed by atoms with Gasteiger partial charge in [-0.1, -0.05) is 5.16 Å². The number of aryl methyl sites for hydroxylation is 1. The Balaban J connectivity index is 1.50. The first-order valence-electron chi connectivity index (χ1n) is 8.79. The predicted octanol–water partition coefficient (Wildman–Crippen LogP) is 3.27. The molecule has 0 bridgehead atoms. The molecule has 7 nitrogen and oxygen atoms in total. The second-order valence-electron chi connectivity index (χ2n) is 7.11. The SMILES string of the molecule is Cc1noc2nc(C3CC3)cc(C(=O)Nc3ccnn3CC3CC3)c12. The normalized spacial score (nSPS) is 17.2. The van der Waals surface area contributed by atoms with E-state index in [2.05, 4.69) is 20.6 Å². The molecule has 0 radical (unpaired) electrons. The minimum absolute atomic E-state index is 0.168. The van der Waals surface area contributed by atoms with Gasteiger partial charge in [-0.25, -0.2) is 9.67 Å². The number of hydrogen-bond donors (Lipinski definition) is 1. The number of fused-ring (bicyclic) bond motifs is 1. The van der Waals surface area contributed by atoms with Gasteiger partial charge in [-0.3, -0.25) is 4.79 Å². The molecule has 0 atom stereocenters. The lowest BCUT2D eigenvalue weighted by Crippen LogP contribution is -2.17. The predicted molar refractivity (Wildman–Crippen MR) is 91.4 cm³/mol. The first-order chi connectivity index (χ1) is 12.2. The summed E-state index contributed by atoms with van der Waals surface area (Å²) in [6.07, 6.45) is 6.42. The lowest BCUT2D eigenvalue weighted by atomic mass is 10.1. The van der Waals surface area contributed by atoms with Gasteiger partial charge in [0.05, 0.1) is 22.8 Å². The number of nitrogens with one attached hydrogen (secondary N) is 1. The molecule has 1 amide bonds. The van der Waals surface area contributed by atoms with Crippen LogP contribution in [0.15, 0.2) is 22.9 Å². The van der Waals surface area contributed by atoms with Crippen LogP contribution >= 0.6 is 0 Å². The van der Waals surface area contributed by atoms with Gasteiger partial charge < -0.3 is 9.84 Å². The van der Waals surface area contributed by atoms with Gasteiger partial charge in [0, 0.05) is 24.2 Å². The molecule has 0 saturated heterocycles. The van der Waals surface area contributed by atoms with E-state index in [-0.39, 0.29) is 5.91 Å². The van der Waals surface area contributed by atoms with Crippen LogP contribution < -0.4 is 5.32 Å². The minimum atomic E-state index is -0.168. The van der Waals surface area contributed by atoms with E-state index in [4.69, 9.17) is 4.52 Å². The first kappa shape index (κ1) is 14.6. The summed E-state index contributed by atoms with van der Waals surface area (Å²) in [6, 6.07) is 3.72. The van der Waals surface area contributed by atoms with E-state index < -0.39 is 0 Å². The lowest BCUT2D eigenvalue weighted by Gasteiger charge is -2.10. The summed E-state index contributed by atoms with van der Waals surface area (Å²) in [5.41, 5.74) is 2.62. The third-order valence-corrected chi connectivity index (χ3v) is 4.96. The summed E-state index contributed by atoms with van der Waals surface area (Å²) >= 11 is 0. The number of anilines is 1. The monoisotopic (exact) mass is 337 g/mol. The molecule has 0 aliphatic heterocycles. The molecule has 2 aliphatic carbocycles. The zero-order valence-electron chi connectivity index (χ0n) is 14.0. The van der Waals surface area contributed by atoms with Crippen LogP contribution in [-0.4, -0.2) is 25.8 Å². The maximum atomic E-state index is 13.0. The van der Waals surface area contributed by atoms with Crippen molar-refractivity contribution in [3.63, 3.8) is 0 Å². The van der Waals surface area contributed by atoms with Crippen molar-refractivity contribution >= 4 is 22.8 Å². The van der Waals surface area contributed by atoms with E-state index in [1.54, 1.807) is 6.20 Å². The maximum absolute atomic E-state index is 13.0. The molecular weight excluding hydrogens is 318 g/mol. The topological polar surface area (TPSA) is 85.8 Å². The summed E-state index contributed by atoms with van der Waals surface area (Å²) in [5.74, 6) is 1.67. The molecule has 128 valence electrons. The van der Waals surface area contributed by atoms with Crippen LogP contribution in [0, 0.1) is 12.8 Å². The van der Waals surface area contributed by atoms with Crippen LogP contribution in [0.2, 0.25) is 0 Å². The fraction of sp³-hybridized carbons (Fsp3) is 0.444. The second kappa shape index (κ2) is 5.40. The highest BCUT2D eigenvalue weighted by molar-refractivity contribution is 6.12. The Morgan fingerprint density at radius 3 is 2.96 bits per heavy atom. The van der Waals surface area contributed by atoms with E-state index in [9.17, 15) is 4.79 Å². The van der Waals surface area contributed by atoms with Gasteiger partial charge in [0.25, 0.3) is 11.6 Å². The molecule has 0 aromatic carbocycles. The quantitative estimate of drug-likeness (QED) is 0.772. The molecular formula is C18H19N5O2. The van der Waals surface area contributed by atoms with Gasteiger partial charge in [-0.05, 0) is 44.6 Å². The number of nitrogens with zero attached hydrogens (tertiary/aromatic N) is 4. The van der Waals surface area contributed by atoms with Crippen molar-refractivity contribution < 1.29 is 9.32 Å². The van der Waals surface area contributed by atoms with Crippen molar-refractivity contribution in [2.75, 3.05) is 5.32 Å². The smallest absolute Gasteiger partial charge is 0.259 e. The highest BCUT2D eigenvalue weighted by Gasteiger charge is 2.29. The summed E-state index contributed by atoms with van der Waals surface area (Å²) in [4.78, 5) is 17.5. The van der Waals surface area contributed by atoms with Crippen molar-refractivity contribution in [2.24, 2.45) is 5.92 Å². The number of carbonyl (C=O) groups excluding carboxylic acids is 1. The lowest BCUT2D eigenvalue weighted by molar-refractivity contribution is 0.102. The summed E-state index contributed by atoms with van der Waals surface area (Å²) < 4.78 is 7.19. The Morgan fingerprint density at radius 2 is 2.20 bits per heavy atom. The molecule has 5 rings (SSSR count). The molecule has 3 aromatic rings. The van der Waals surface area contributed by atoms with E-state index in [0.29, 0.717) is 34.2 Å². The zero-order valence-corrected chi connectivity index (χ0v) is 14.0. The highest BCUT2D eigenvalue weighted by atomic mass is 16.5. The Morgan fingerprint density at radius 1 is 1.36 bits per heavy atom. The van der Waals surface area contributed by atoms with Gasteiger partial charge in [0.15, 0.2) is 0 Å². The Kier molecular flexibility index (Phi) is 3.16. The fourth-order valence-electron chi connectivity index (χ4n) is 3.19. The van der Waals surface area contributed by atoms with Crippen molar-refractivity contribution in [1.82, 2.24) is 19.9 Å². The van der Waals surface area contributed by atoms with E-state index >= 15 is 0 Å². The van der Waals surface area contributed by atoms with Crippen LogP contribution in [0.25, 0.3) is 11.1 Å². The maximum Gasteiger partial charge on any atom is 0.259 e. The number of pyridine rings is 1. The number of aromatic nitrogens is 4. The Labute approximate surface area is 144 Å². The van der Waals surface area contributed by atoms with Gasteiger partial charge in [0.2, 0.25) is 0 Å². The number of hydrogen-bond acceptors (Lipinski definition) is 5. The molecule has 2 saturated carbocycles. The van der Waals surface area contributed by atoms with Crippen molar-refractivity contribution in [1.29, 1.82) is 0 Å². The molecule has 25 heavy (non-hydrogen) atoms. The van der Waals surface area contributed by atoms with Crippen molar-refractivity contribution in [3.8, 4) is 0 Å². The number of amides is 1. The van der Waals surface area contributed by atoms with Crippen molar-refractivity contribution in [3.05, 3.63) is 35.3 Å². The average molecular weight is 337 g/mol. The van der Waals surface area contributed by atoms with E-state index in [1.165, 1.54) is 12.8 Å². The van der Waals surface area contributed by atoms with Crippen LogP contribution in [0.3, 0.4) is 0 Å².